The maximum absolute atomic E-state index is 12.4. The van der Waals surface area contributed by atoms with Gasteiger partial charge in [-0.3, -0.25) is 24.6 Å². The lowest BCUT2D eigenvalue weighted by molar-refractivity contribution is -0.384. The van der Waals surface area contributed by atoms with Crippen molar-refractivity contribution >= 4 is 17.5 Å². The van der Waals surface area contributed by atoms with E-state index in [0.29, 0.717) is 32.7 Å². The Morgan fingerprint density at radius 1 is 1.00 bits per heavy atom. The summed E-state index contributed by atoms with van der Waals surface area (Å²) in [5.74, 6) is -0.788. The Bertz CT molecular complexity index is 1000. The lowest BCUT2D eigenvalue weighted by Gasteiger charge is -2.34. The van der Waals surface area contributed by atoms with Crippen molar-refractivity contribution < 1.29 is 32.4 Å². The third-order valence-corrected chi connectivity index (χ3v) is 5.25. The van der Waals surface area contributed by atoms with Crippen LogP contribution in [0.15, 0.2) is 48.5 Å². The van der Waals surface area contributed by atoms with E-state index in [9.17, 15) is 32.9 Å². The van der Waals surface area contributed by atoms with Gasteiger partial charge < -0.3 is 15.0 Å². The van der Waals surface area contributed by atoms with Gasteiger partial charge in [-0.05, 0) is 29.8 Å². The molecule has 0 spiro atoms. The van der Waals surface area contributed by atoms with Crippen molar-refractivity contribution in [1.29, 1.82) is 0 Å². The fourth-order valence-electron chi connectivity index (χ4n) is 3.49. The minimum atomic E-state index is -4.72. The maximum atomic E-state index is 12.4. The van der Waals surface area contributed by atoms with Crippen molar-refractivity contribution in [1.82, 2.24) is 15.1 Å². The lowest BCUT2D eigenvalue weighted by Crippen LogP contribution is -2.48. The number of nitro benzene ring substituents is 1. The summed E-state index contributed by atoms with van der Waals surface area (Å²) < 4.78 is 40.6. The van der Waals surface area contributed by atoms with Crippen LogP contribution in [-0.4, -0.2) is 65.6 Å². The summed E-state index contributed by atoms with van der Waals surface area (Å²) in [5.41, 5.74) is 0.992. The second kappa shape index (κ2) is 11.0. The number of halogens is 3. The van der Waals surface area contributed by atoms with Gasteiger partial charge in [0, 0.05) is 63.4 Å². The molecular weight excluding hydrogens is 457 g/mol. The Balaban J connectivity index is 1.37. The van der Waals surface area contributed by atoms with Crippen LogP contribution in [0.4, 0.5) is 18.9 Å². The largest absolute Gasteiger partial charge is 0.573 e. The number of rotatable bonds is 8. The average Bonchev–Trinajstić information content (AvgIpc) is 2.80. The summed E-state index contributed by atoms with van der Waals surface area (Å²) in [7, 11) is 0. The smallest absolute Gasteiger partial charge is 0.406 e. The van der Waals surface area contributed by atoms with Crippen LogP contribution in [0.3, 0.4) is 0 Å². The number of carbonyl (C=O) groups is 2. The van der Waals surface area contributed by atoms with E-state index in [-0.39, 0.29) is 35.9 Å². The van der Waals surface area contributed by atoms with Crippen molar-refractivity contribution in [3.8, 4) is 5.75 Å². The van der Waals surface area contributed by atoms with Gasteiger partial charge in [-0.15, -0.1) is 13.2 Å². The highest BCUT2D eigenvalue weighted by atomic mass is 19.4. The first kappa shape index (κ1) is 25.0. The van der Waals surface area contributed by atoms with Gasteiger partial charge >= 0.3 is 6.36 Å². The fraction of sp³-hybridized carbons (Fsp3) is 0.364. The summed E-state index contributed by atoms with van der Waals surface area (Å²) in [6.07, 6.45) is -4.60. The van der Waals surface area contributed by atoms with E-state index in [1.165, 1.54) is 36.4 Å². The Labute approximate surface area is 193 Å². The molecule has 1 aliphatic rings. The van der Waals surface area contributed by atoms with E-state index in [1.807, 2.05) is 0 Å². The Kier molecular flexibility index (Phi) is 8.05. The van der Waals surface area contributed by atoms with Crippen LogP contribution in [-0.2, 0) is 11.3 Å². The van der Waals surface area contributed by atoms with Crippen molar-refractivity contribution in [3.63, 3.8) is 0 Å². The second-order valence-corrected chi connectivity index (χ2v) is 7.66. The Morgan fingerprint density at radius 2 is 1.62 bits per heavy atom. The lowest BCUT2D eigenvalue weighted by atomic mass is 10.2. The molecule has 1 aliphatic heterocycles. The molecule has 2 aromatic rings. The van der Waals surface area contributed by atoms with Crippen LogP contribution in [0, 0.1) is 10.1 Å². The molecule has 9 nitrogen and oxygen atoms in total. The van der Waals surface area contributed by atoms with Crippen molar-refractivity contribution in [2.45, 2.75) is 19.3 Å². The van der Waals surface area contributed by atoms with Gasteiger partial charge in [-0.1, -0.05) is 12.1 Å². The number of ether oxygens (including phenoxy) is 1. The van der Waals surface area contributed by atoms with Crippen LogP contribution in [0.5, 0.6) is 5.75 Å². The quantitative estimate of drug-likeness (QED) is 0.460. The van der Waals surface area contributed by atoms with E-state index >= 15 is 0 Å². The maximum Gasteiger partial charge on any atom is 0.573 e. The summed E-state index contributed by atoms with van der Waals surface area (Å²) in [4.78, 5) is 38.5. The van der Waals surface area contributed by atoms with Crippen molar-refractivity contribution in [2.75, 3.05) is 32.7 Å². The molecule has 3 rings (SSSR count). The predicted octanol–water partition coefficient (Wildman–Crippen LogP) is 2.96. The molecule has 182 valence electrons. The highest BCUT2D eigenvalue weighted by molar-refractivity contribution is 5.94. The van der Waals surface area contributed by atoms with Crippen LogP contribution in [0.1, 0.15) is 22.3 Å². The molecule has 1 saturated heterocycles. The number of nitrogens with one attached hydrogen (secondary N) is 1. The average molecular weight is 480 g/mol. The zero-order chi connectivity index (χ0) is 24.7. The summed E-state index contributed by atoms with van der Waals surface area (Å²) in [6, 6.07) is 10.9. The van der Waals surface area contributed by atoms with Crippen LogP contribution in [0.2, 0.25) is 0 Å². The number of alkyl halides is 3. The predicted molar refractivity (Wildman–Crippen MR) is 115 cm³/mol. The molecule has 2 aromatic carbocycles. The number of hydrogen-bond donors (Lipinski definition) is 1. The molecule has 1 fully saturated rings. The molecular formula is C22H23F3N4O5. The molecule has 34 heavy (non-hydrogen) atoms. The first-order valence-electron chi connectivity index (χ1n) is 10.5. The van der Waals surface area contributed by atoms with Gasteiger partial charge in [0.25, 0.3) is 11.6 Å². The molecule has 0 aromatic heterocycles. The molecule has 12 heteroatoms. The molecule has 0 unspecified atom stereocenters. The second-order valence-electron chi connectivity index (χ2n) is 7.66. The Hall–Kier alpha value is -3.67. The zero-order valence-electron chi connectivity index (χ0n) is 18.1. The van der Waals surface area contributed by atoms with E-state index in [1.54, 1.807) is 17.0 Å². The first-order valence-corrected chi connectivity index (χ1v) is 10.5. The number of carbonyl (C=O) groups excluding carboxylic acids is 2. The fourth-order valence-corrected chi connectivity index (χ4v) is 3.49. The number of nitro groups is 1. The Morgan fingerprint density at radius 3 is 2.18 bits per heavy atom. The minimum absolute atomic E-state index is 0.0997. The molecule has 0 radical (unpaired) electrons. The molecule has 2 amide bonds. The number of amides is 2. The highest BCUT2D eigenvalue weighted by Gasteiger charge is 2.31. The topological polar surface area (TPSA) is 105 Å². The van der Waals surface area contributed by atoms with Gasteiger partial charge in [-0.25, -0.2) is 0 Å². The molecule has 0 atom stereocenters. The monoisotopic (exact) mass is 480 g/mol. The number of nitrogens with zero attached hydrogens (tertiary/aromatic N) is 3. The number of non-ortho nitro benzene ring substituents is 1. The van der Waals surface area contributed by atoms with Crippen molar-refractivity contribution in [3.05, 3.63) is 69.8 Å². The highest BCUT2D eigenvalue weighted by Crippen LogP contribution is 2.23. The molecule has 0 aliphatic carbocycles. The van der Waals surface area contributed by atoms with Gasteiger partial charge in [0.05, 0.1) is 4.92 Å². The zero-order valence-corrected chi connectivity index (χ0v) is 18.1. The van der Waals surface area contributed by atoms with Crippen LogP contribution >= 0.6 is 0 Å². The van der Waals surface area contributed by atoms with E-state index < -0.39 is 17.2 Å². The van der Waals surface area contributed by atoms with Crippen LogP contribution < -0.4 is 10.1 Å². The molecule has 0 bridgehead atoms. The SMILES string of the molecule is O=C(NCCC(=O)N1CCN(Cc2ccc(OC(F)(F)F)cc2)CC1)c1ccc([N+](=O)[O-])cc1. The van der Waals surface area contributed by atoms with Gasteiger partial charge in [0.1, 0.15) is 5.75 Å². The third-order valence-electron chi connectivity index (χ3n) is 5.25. The molecule has 1 N–H and O–H groups in total. The van der Waals surface area contributed by atoms with E-state index in [4.69, 9.17) is 0 Å². The molecule has 1 heterocycles. The molecule has 0 saturated carbocycles. The van der Waals surface area contributed by atoms with E-state index in [0.717, 1.165) is 5.56 Å². The minimum Gasteiger partial charge on any atom is -0.406 e. The number of hydrogen-bond acceptors (Lipinski definition) is 6. The number of piperazine rings is 1. The third kappa shape index (κ3) is 7.44. The van der Waals surface area contributed by atoms with Gasteiger partial charge in [0.15, 0.2) is 0 Å². The normalized spacial score (nSPS) is 14.5. The first-order chi connectivity index (χ1) is 16.1. The summed E-state index contributed by atoms with van der Waals surface area (Å²) in [5, 5.41) is 13.3. The standard InChI is InChI=1S/C22H23F3N4O5/c23-22(24,25)34-19-7-1-16(2-8-19)15-27-11-13-28(14-12-27)20(30)9-10-26-21(31)17-3-5-18(6-4-17)29(32)33/h1-8H,9-15H2,(H,26,31). The van der Waals surface area contributed by atoms with Gasteiger partial charge in [0.2, 0.25) is 5.91 Å². The number of benzene rings is 2. The summed E-state index contributed by atoms with van der Waals surface area (Å²) >= 11 is 0. The van der Waals surface area contributed by atoms with Crippen LogP contribution in [0.25, 0.3) is 0 Å². The van der Waals surface area contributed by atoms with E-state index in [2.05, 4.69) is 15.0 Å². The van der Waals surface area contributed by atoms with Gasteiger partial charge in [-0.2, -0.15) is 0 Å². The van der Waals surface area contributed by atoms with Crippen molar-refractivity contribution in [2.24, 2.45) is 0 Å². The summed E-state index contributed by atoms with van der Waals surface area (Å²) in [6.45, 7) is 2.92.